The van der Waals surface area contributed by atoms with E-state index in [0.29, 0.717) is 24.7 Å². The lowest BCUT2D eigenvalue weighted by Gasteiger charge is -2.20. The third-order valence-corrected chi connectivity index (χ3v) is 5.27. The summed E-state index contributed by atoms with van der Waals surface area (Å²) in [5.74, 6) is -0.00824. The largest absolute Gasteiger partial charge is 0.376 e. The highest BCUT2D eigenvalue weighted by Crippen LogP contribution is 2.33. The SMILES string of the molecule is O=C(c1cc(Br)c(Br)s1)C1COCCO1. The monoisotopic (exact) mass is 354 g/mol. The molecule has 0 aromatic carbocycles. The van der Waals surface area contributed by atoms with E-state index in [9.17, 15) is 4.79 Å². The molecule has 0 bridgehead atoms. The standard InChI is InChI=1S/C9H8Br2O3S/c10-5-3-7(15-9(5)11)8(12)6-4-13-1-2-14-6/h3,6H,1-2,4H2. The number of hydrogen-bond donors (Lipinski definition) is 0. The van der Waals surface area contributed by atoms with Gasteiger partial charge in [-0.05, 0) is 37.9 Å². The zero-order chi connectivity index (χ0) is 10.8. The molecule has 1 atom stereocenters. The minimum atomic E-state index is -0.448. The molecule has 1 aliphatic rings. The number of halogens is 2. The second-order valence-corrected chi connectivity index (χ2v) is 6.26. The molecular formula is C9H8Br2O3S. The van der Waals surface area contributed by atoms with Gasteiger partial charge in [0.15, 0.2) is 0 Å². The number of hydrogen-bond acceptors (Lipinski definition) is 4. The second-order valence-electron chi connectivity index (χ2n) is 3.03. The molecule has 0 saturated carbocycles. The lowest BCUT2D eigenvalue weighted by Crippen LogP contribution is -2.35. The molecule has 0 N–H and O–H groups in total. The summed E-state index contributed by atoms with van der Waals surface area (Å²) < 4.78 is 12.4. The van der Waals surface area contributed by atoms with Crippen LogP contribution >= 0.6 is 43.2 Å². The molecule has 0 spiro atoms. The Hall–Kier alpha value is 0.250. The topological polar surface area (TPSA) is 35.5 Å². The fourth-order valence-corrected chi connectivity index (χ4v) is 3.29. The van der Waals surface area contributed by atoms with Gasteiger partial charge in [-0.2, -0.15) is 0 Å². The molecule has 1 saturated heterocycles. The maximum atomic E-state index is 11.9. The van der Waals surface area contributed by atoms with E-state index in [0.717, 1.165) is 8.26 Å². The summed E-state index contributed by atoms with van der Waals surface area (Å²) in [4.78, 5) is 12.6. The van der Waals surface area contributed by atoms with Gasteiger partial charge in [0.1, 0.15) is 6.10 Å². The maximum absolute atomic E-state index is 11.9. The molecule has 0 amide bonds. The molecule has 0 aliphatic carbocycles. The number of rotatable bonds is 2. The van der Waals surface area contributed by atoms with Crippen molar-refractivity contribution >= 4 is 49.0 Å². The molecule has 2 rings (SSSR count). The Morgan fingerprint density at radius 1 is 1.47 bits per heavy atom. The minimum absolute atomic E-state index is 0.00824. The number of ether oxygens (including phenoxy) is 2. The van der Waals surface area contributed by atoms with Crippen LogP contribution in [0.4, 0.5) is 0 Å². The molecule has 1 aromatic heterocycles. The minimum Gasteiger partial charge on any atom is -0.376 e. The van der Waals surface area contributed by atoms with E-state index in [-0.39, 0.29) is 5.78 Å². The van der Waals surface area contributed by atoms with Crippen molar-refractivity contribution in [3.63, 3.8) is 0 Å². The van der Waals surface area contributed by atoms with Crippen LogP contribution < -0.4 is 0 Å². The summed E-state index contributed by atoms with van der Waals surface area (Å²) in [6, 6.07) is 1.80. The fourth-order valence-electron chi connectivity index (χ4n) is 1.27. The molecule has 1 aliphatic heterocycles. The summed E-state index contributed by atoms with van der Waals surface area (Å²) in [6.45, 7) is 1.41. The van der Waals surface area contributed by atoms with Crippen LogP contribution in [0.15, 0.2) is 14.3 Å². The molecule has 2 heterocycles. The van der Waals surface area contributed by atoms with Crippen LogP contribution in [0.1, 0.15) is 9.67 Å². The van der Waals surface area contributed by atoms with Gasteiger partial charge in [0.25, 0.3) is 0 Å². The van der Waals surface area contributed by atoms with Gasteiger partial charge in [-0.25, -0.2) is 0 Å². The van der Waals surface area contributed by atoms with Crippen molar-refractivity contribution in [3.8, 4) is 0 Å². The zero-order valence-corrected chi connectivity index (χ0v) is 11.7. The quantitative estimate of drug-likeness (QED) is 0.765. The molecule has 1 aromatic rings. The average molecular weight is 356 g/mol. The lowest BCUT2D eigenvalue weighted by molar-refractivity contribution is -0.0717. The molecule has 82 valence electrons. The van der Waals surface area contributed by atoms with Crippen molar-refractivity contribution in [1.82, 2.24) is 0 Å². The van der Waals surface area contributed by atoms with E-state index in [1.54, 1.807) is 6.07 Å². The van der Waals surface area contributed by atoms with Crippen molar-refractivity contribution in [2.45, 2.75) is 6.10 Å². The number of Topliss-reactive ketones (excluding diaryl/α,β-unsaturated/α-hetero) is 1. The average Bonchev–Trinajstić information content (AvgIpc) is 2.59. The fraction of sp³-hybridized carbons (Fsp3) is 0.444. The van der Waals surface area contributed by atoms with Gasteiger partial charge in [-0.15, -0.1) is 11.3 Å². The van der Waals surface area contributed by atoms with Crippen molar-refractivity contribution in [1.29, 1.82) is 0 Å². The van der Waals surface area contributed by atoms with Crippen molar-refractivity contribution in [3.05, 3.63) is 19.2 Å². The highest BCUT2D eigenvalue weighted by Gasteiger charge is 2.25. The lowest BCUT2D eigenvalue weighted by atomic mass is 10.2. The van der Waals surface area contributed by atoms with E-state index in [1.807, 2.05) is 0 Å². The van der Waals surface area contributed by atoms with E-state index in [1.165, 1.54) is 11.3 Å². The van der Waals surface area contributed by atoms with Gasteiger partial charge in [-0.1, -0.05) is 0 Å². The number of thiophene rings is 1. The van der Waals surface area contributed by atoms with E-state index in [2.05, 4.69) is 31.9 Å². The molecule has 6 heteroatoms. The van der Waals surface area contributed by atoms with Crippen molar-refractivity contribution in [2.75, 3.05) is 19.8 Å². The second kappa shape index (κ2) is 5.05. The first-order valence-corrected chi connectivity index (χ1v) is 6.77. The van der Waals surface area contributed by atoms with Gasteiger partial charge in [0.2, 0.25) is 5.78 Å². The highest BCUT2D eigenvalue weighted by molar-refractivity contribution is 9.13. The number of ketones is 1. The first-order chi connectivity index (χ1) is 7.18. The Morgan fingerprint density at radius 2 is 2.27 bits per heavy atom. The Morgan fingerprint density at radius 3 is 2.80 bits per heavy atom. The summed E-state index contributed by atoms with van der Waals surface area (Å²) in [6.07, 6.45) is -0.448. The summed E-state index contributed by atoms with van der Waals surface area (Å²) in [7, 11) is 0. The molecular weight excluding hydrogens is 348 g/mol. The Balaban J connectivity index is 2.12. The van der Waals surface area contributed by atoms with Crippen LogP contribution in [0, 0.1) is 0 Å². The zero-order valence-electron chi connectivity index (χ0n) is 7.66. The van der Waals surface area contributed by atoms with Crippen LogP contribution in [0.5, 0.6) is 0 Å². The van der Waals surface area contributed by atoms with Crippen LogP contribution in [-0.4, -0.2) is 31.7 Å². The third-order valence-electron chi connectivity index (χ3n) is 2.00. The van der Waals surface area contributed by atoms with Crippen LogP contribution in [0.3, 0.4) is 0 Å². The molecule has 3 nitrogen and oxygen atoms in total. The van der Waals surface area contributed by atoms with E-state index in [4.69, 9.17) is 9.47 Å². The number of carbonyl (C=O) groups is 1. The third kappa shape index (κ3) is 2.68. The predicted molar refractivity (Wildman–Crippen MR) is 64.6 cm³/mol. The van der Waals surface area contributed by atoms with Gasteiger partial charge in [0, 0.05) is 4.47 Å². The molecule has 15 heavy (non-hydrogen) atoms. The van der Waals surface area contributed by atoms with Crippen LogP contribution in [-0.2, 0) is 9.47 Å². The molecule has 1 fully saturated rings. The Bertz CT molecular complexity index is 352. The summed E-state index contributed by atoms with van der Waals surface area (Å²) in [5.41, 5.74) is 0. The summed E-state index contributed by atoms with van der Waals surface area (Å²) >= 11 is 8.10. The van der Waals surface area contributed by atoms with Crippen LogP contribution in [0.2, 0.25) is 0 Å². The predicted octanol–water partition coefficient (Wildman–Crippen LogP) is 2.87. The van der Waals surface area contributed by atoms with E-state index >= 15 is 0 Å². The Labute approximate surface area is 108 Å². The smallest absolute Gasteiger partial charge is 0.203 e. The van der Waals surface area contributed by atoms with Crippen molar-refractivity contribution in [2.24, 2.45) is 0 Å². The normalized spacial score (nSPS) is 21.6. The van der Waals surface area contributed by atoms with Gasteiger partial charge in [0.05, 0.1) is 28.5 Å². The first-order valence-electron chi connectivity index (χ1n) is 4.37. The van der Waals surface area contributed by atoms with Gasteiger partial charge >= 0.3 is 0 Å². The molecule has 1 unspecified atom stereocenters. The maximum Gasteiger partial charge on any atom is 0.203 e. The highest BCUT2D eigenvalue weighted by atomic mass is 79.9. The van der Waals surface area contributed by atoms with Gasteiger partial charge < -0.3 is 9.47 Å². The summed E-state index contributed by atoms with van der Waals surface area (Å²) in [5, 5.41) is 0. The van der Waals surface area contributed by atoms with E-state index < -0.39 is 6.10 Å². The Kier molecular flexibility index (Phi) is 3.95. The van der Waals surface area contributed by atoms with Gasteiger partial charge in [-0.3, -0.25) is 4.79 Å². The first kappa shape index (κ1) is 11.7. The van der Waals surface area contributed by atoms with Crippen molar-refractivity contribution < 1.29 is 14.3 Å². The molecule has 0 radical (unpaired) electrons. The van der Waals surface area contributed by atoms with Crippen LogP contribution in [0.25, 0.3) is 0 Å². The number of carbonyl (C=O) groups excluding carboxylic acids is 1.